The maximum atomic E-state index is 12.5. The van der Waals surface area contributed by atoms with Crippen LogP contribution >= 0.6 is 23.2 Å². The summed E-state index contributed by atoms with van der Waals surface area (Å²) in [6.07, 6.45) is 4.19. The van der Waals surface area contributed by atoms with Crippen LogP contribution in [-0.4, -0.2) is 17.3 Å². The molecule has 1 aliphatic carbocycles. The highest BCUT2D eigenvalue weighted by molar-refractivity contribution is 6.34. The summed E-state index contributed by atoms with van der Waals surface area (Å²) in [5, 5.41) is 3.67. The number of carbonyl (C=O) groups is 1. The molecule has 4 heteroatoms. The van der Waals surface area contributed by atoms with Crippen LogP contribution in [0.25, 0.3) is 0 Å². The molecule has 0 bridgehead atoms. The van der Waals surface area contributed by atoms with Crippen molar-refractivity contribution in [3.05, 3.63) is 34.3 Å². The van der Waals surface area contributed by atoms with Gasteiger partial charge in [0.2, 0.25) is 0 Å². The van der Waals surface area contributed by atoms with Crippen LogP contribution in [0, 0.1) is 12.8 Å². The molecule has 2 nitrogen and oxygen atoms in total. The molecule has 2 unspecified atom stereocenters. The van der Waals surface area contributed by atoms with Crippen LogP contribution in [0.15, 0.2) is 18.2 Å². The zero-order chi connectivity index (χ0) is 14.8. The smallest absolute Gasteiger partial charge is 0.253 e. The maximum absolute atomic E-state index is 12.5. The molecule has 0 spiro atoms. The number of amides is 1. The van der Waals surface area contributed by atoms with Crippen LogP contribution in [0.1, 0.15) is 48.5 Å². The van der Waals surface area contributed by atoms with E-state index in [0.29, 0.717) is 22.4 Å². The van der Waals surface area contributed by atoms with E-state index in [2.05, 4.69) is 12.2 Å². The van der Waals surface area contributed by atoms with Gasteiger partial charge < -0.3 is 5.32 Å². The minimum atomic E-state index is -0.288. The van der Waals surface area contributed by atoms with Crippen molar-refractivity contribution in [2.24, 2.45) is 5.92 Å². The van der Waals surface area contributed by atoms with Crippen LogP contribution in [-0.2, 0) is 0 Å². The number of rotatable bonds is 3. The molecule has 1 N–H and O–H groups in total. The van der Waals surface area contributed by atoms with Crippen molar-refractivity contribution in [1.82, 2.24) is 5.32 Å². The summed E-state index contributed by atoms with van der Waals surface area (Å²) >= 11 is 12.4. The van der Waals surface area contributed by atoms with Crippen LogP contribution in [0.2, 0.25) is 5.02 Å². The SMILES string of the molecule is Cc1cccc(C(=O)NC2(CCl)CCCC(C)C2)c1Cl. The molecule has 0 radical (unpaired) electrons. The van der Waals surface area contributed by atoms with Gasteiger partial charge in [-0.15, -0.1) is 11.6 Å². The van der Waals surface area contributed by atoms with Gasteiger partial charge in [-0.3, -0.25) is 4.79 Å². The summed E-state index contributed by atoms with van der Waals surface area (Å²) in [7, 11) is 0. The lowest BCUT2D eigenvalue weighted by molar-refractivity contribution is 0.0867. The Morgan fingerprint density at radius 1 is 1.50 bits per heavy atom. The normalized spacial score (nSPS) is 26.3. The van der Waals surface area contributed by atoms with Gasteiger partial charge >= 0.3 is 0 Å². The van der Waals surface area contributed by atoms with Gasteiger partial charge in [0.1, 0.15) is 0 Å². The van der Waals surface area contributed by atoms with Crippen molar-refractivity contribution in [2.45, 2.75) is 45.1 Å². The van der Waals surface area contributed by atoms with Crippen molar-refractivity contribution in [3.8, 4) is 0 Å². The molecule has 20 heavy (non-hydrogen) atoms. The second-order valence-corrected chi connectivity index (χ2v) is 6.65. The lowest BCUT2D eigenvalue weighted by Gasteiger charge is -2.39. The highest BCUT2D eigenvalue weighted by atomic mass is 35.5. The van der Waals surface area contributed by atoms with E-state index in [1.54, 1.807) is 6.07 Å². The number of benzene rings is 1. The molecule has 1 aromatic carbocycles. The van der Waals surface area contributed by atoms with Gasteiger partial charge in [0.05, 0.1) is 16.1 Å². The number of aryl methyl sites for hydroxylation is 1. The summed E-state index contributed by atoms with van der Waals surface area (Å²) in [5.74, 6) is 0.927. The molecule has 1 amide bonds. The summed E-state index contributed by atoms with van der Waals surface area (Å²) < 4.78 is 0. The summed E-state index contributed by atoms with van der Waals surface area (Å²) in [6, 6.07) is 5.52. The Bertz CT molecular complexity index is 503. The van der Waals surface area contributed by atoms with E-state index < -0.39 is 0 Å². The predicted molar refractivity (Wildman–Crippen MR) is 84.7 cm³/mol. The molecule has 2 atom stereocenters. The van der Waals surface area contributed by atoms with Gasteiger partial charge in [-0.1, -0.05) is 43.5 Å². The molecule has 0 aliphatic heterocycles. The largest absolute Gasteiger partial charge is 0.345 e. The lowest BCUT2D eigenvalue weighted by atomic mass is 9.77. The average molecular weight is 314 g/mol. The van der Waals surface area contributed by atoms with E-state index in [4.69, 9.17) is 23.2 Å². The second-order valence-electron chi connectivity index (χ2n) is 6.01. The average Bonchev–Trinajstić information content (AvgIpc) is 2.41. The van der Waals surface area contributed by atoms with E-state index in [1.165, 1.54) is 6.42 Å². The monoisotopic (exact) mass is 313 g/mol. The van der Waals surface area contributed by atoms with E-state index in [0.717, 1.165) is 24.8 Å². The first-order valence-corrected chi connectivity index (χ1v) is 8.02. The number of carbonyl (C=O) groups excluding carboxylic acids is 1. The van der Waals surface area contributed by atoms with Crippen molar-refractivity contribution in [3.63, 3.8) is 0 Å². The molecule has 1 saturated carbocycles. The van der Waals surface area contributed by atoms with Crippen molar-refractivity contribution in [2.75, 3.05) is 5.88 Å². The Hall–Kier alpha value is -0.730. The standard InChI is InChI=1S/C16H21Cl2NO/c1-11-5-4-8-16(9-11,10-17)19-15(20)13-7-3-6-12(2)14(13)18/h3,6-7,11H,4-5,8-10H2,1-2H3,(H,19,20). The molecule has 0 heterocycles. The van der Waals surface area contributed by atoms with E-state index in [-0.39, 0.29) is 11.4 Å². The highest BCUT2D eigenvalue weighted by Crippen LogP contribution is 2.34. The van der Waals surface area contributed by atoms with E-state index >= 15 is 0 Å². The van der Waals surface area contributed by atoms with Gasteiger partial charge in [0.15, 0.2) is 0 Å². The Balaban J connectivity index is 2.19. The fourth-order valence-electron chi connectivity index (χ4n) is 3.06. The van der Waals surface area contributed by atoms with Gasteiger partial charge in [0.25, 0.3) is 5.91 Å². The van der Waals surface area contributed by atoms with Gasteiger partial charge in [-0.05, 0) is 37.3 Å². The third-order valence-electron chi connectivity index (χ3n) is 4.16. The molecule has 2 rings (SSSR count). The number of hydrogen-bond donors (Lipinski definition) is 1. The minimum Gasteiger partial charge on any atom is -0.345 e. The Morgan fingerprint density at radius 2 is 2.25 bits per heavy atom. The third kappa shape index (κ3) is 3.29. The number of hydrogen-bond acceptors (Lipinski definition) is 1. The summed E-state index contributed by atoms with van der Waals surface area (Å²) in [6.45, 7) is 4.12. The fraction of sp³-hybridized carbons (Fsp3) is 0.562. The van der Waals surface area contributed by atoms with E-state index in [9.17, 15) is 4.79 Å². The zero-order valence-corrected chi connectivity index (χ0v) is 13.5. The Kier molecular flexibility index (Phi) is 4.98. The van der Waals surface area contributed by atoms with Gasteiger partial charge in [-0.25, -0.2) is 0 Å². The maximum Gasteiger partial charge on any atom is 0.253 e. The lowest BCUT2D eigenvalue weighted by Crippen LogP contribution is -2.52. The quantitative estimate of drug-likeness (QED) is 0.814. The van der Waals surface area contributed by atoms with Gasteiger partial charge in [0, 0.05) is 5.88 Å². The molecule has 0 aromatic heterocycles. The molecule has 1 fully saturated rings. The first-order chi connectivity index (χ1) is 9.47. The van der Waals surface area contributed by atoms with E-state index in [1.807, 2.05) is 19.1 Å². The van der Waals surface area contributed by atoms with Crippen molar-refractivity contribution < 1.29 is 4.79 Å². The second kappa shape index (κ2) is 6.36. The summed E-state index contributed by atoms with van der Waals surface area (Å²) in [4.78, 5) is 12.5. The number of alkyl halides is 1. The minimum absolute atomic E-state index is 0.117. The van der Waals surface area contributed by atoms with Crippen LogP contribution < -0.4 is 5.32 Å². The first-order valence-electron chi connectivity index (χ1n) is 7.11. The number of nitrogens with one attached hydrogen (secondary N) is 1. The molecule has 110 valence electrons. The fourth-order valence-corrected chi connectivity index (χ4v) is 3.58. The molecule has 1 aliphatic rings. The Morgan fingerprint density at radius 3 is 2.90 bits per heavy atom. The van der Waals surface area contributed by atoms with Crippen LogP contribution in [0.4, 0.5) is 0 Å². The summed E-state index contributed by atoms with van der Waals surface area (Å²) in [5.41, 5.74) is 1.16. The zero-order valence-electron chi connectivity index (χ0n) is 12.0. The van der Waals surface area contributed by atoms with Gasteiger partial charge in [-0.2, -0.15) is 0 Å². The first kappa shape index (κ1) is 15.7. The van der Waals surface area contributed by atoms with Crippen molar-refractivity contribution >= 4 is 29.1 Å². The van der Waals surface area contributed by atoms with Crippen molar-refractivity contribution in [1.29, 1.82) is 0 Å². The molecular weight excluding hydrogens is 293 g/mol. The van der Waals surface area contributed by atoms with Crippen LogP contribution in [0.3, 0.4) is 0 Å². The predicted octanol–water partition coefficient (Wildman–Crippen LogP) is 4.57. The molecular formula is C16H21Cl2NO. The molecule has 1 aromatic rings. The Labute approximate surface area is 130 Å². The topological polar surface area (TPSA) is 29.1 Å². The highest BCUT2D eigenvalue weighted by Gasteiger charge is 2.36. The van der Waals surface area contributed by atoms with Crippen LogP contribution in [0.5, 0.6) is 0 Å². The number of halogens is 2. The third-order valence-corrected chi connectivity index (χ3v) is 5.18. The molecule has 0 saturated heterocycles.